The minimum Gasteiger partial charge on any atom is -0.508 e. The lowest BCUT2D eigenvalue weighted by Gasteiger charge is -2.31. The number of phenols is 1. The summed E-state index contributed by atoms with van der Waals surface area (Å²) in [6, 6.07) is 1.58. The van der Waals surface area contributed by atoms with E-state index < -0.39 is 120 Å². The Kier molecular flexibility index (Phi) is 28.6. The molecule has 4 heterocycles. The number of aromatic amines is 2. The molecule has 2 saturated heterocycles. The van der Waals surface area contributed by atoms with Crippen LogP contribution in [0.3, 0.4) is 0 Å². The molecule has 4 aromatic rings. The molecular weight excluding hydrogens is 1240 g/mol. The van der Waals surface area contributed by atoms with Crippen LogP contribution < -0.4 is 59.3 Å². The highest BCUT2D eigenvalue weighted by Crippen LogP contribution is 2.23. The zero-order valence-corrected chi connectivity index (χ0v) is 52.8. The largest absolute Gasteiger partial charge is 0.508 e. The summed E-state index contributed by atoms with van der Waals surface area (Å²) in [4.78, 5) is 164. The number of fused-ring (bicyclic) bond motifs is 1. The molecule has 0 spiro atoms. The first-order valence-corrected chi connectivity index (χ1v) is 30.7. The molecule has 10 amide bonds. The van der Waals surface area contributed by atoms with E-state index in [1.54, 1.807) is 45.2 Å². The van der Waals surface area contributed by atoms with Gasteiger partial charge in [-0.25, -0.2) is 9.78 Å². The Morgan fingerprint density at radius 1 is 0.713 bits per heavy atom. The molecule has 0 radical (unpaired) electrons. The number of H-pyrrole nitrogens is 2. The van der Waals surface area contributed by atoms with Gasteiger partial charge in [-0.05, 0) is 93.0 Å². The van der Waals surface area contributed by atoms with Crippen LogP contribution in [-0.4, -0.2) is 193 Å². The number of nitrogens with two attached hydrogens (primary N) is 2. The number of nitrogens with one attached hydrogen (secondary N) is 11. The molecule has 18 N–H and O–H groups in total. The number of carboxylic acid groups (broad SMARTS) is 1. The van der Waals surface area contributed by atoms with E-state index in [1.807, 2.05) is 19.9 Å². The summed E-state index contributed by atoms with van der Waals surface area (Å²) in [5, 5.41) is 53.0. The average molecular weight is 1320 g/mol. The number of carbonyl (C=O) groups excluding carboxylic acids is 10. The van der Waals surface area contributed by atoms with Gasteiger partial charge in [0.1, 0.15) is 60.1 Å². The average Bonchev–Trinajstić information content (AvgIpc) is 2.61. The molecule has 0 bridgehead atoms. The lowest BCUT2D eigenvalue weighted by Crippen LogP contribution is -2.61. The van der Waals surface area contributed by atoms with Crippen LogP contribution in [0, 0.1) is 11.8 Å². The number of carboxylic acids is 1. The van der Waals surface area contributed by atoms with Crippen LogP contribution in [0.15, 0.2) is 72.2 Å². The molecule has 9 atom stereocenters. The number of hydrogen-bond acceptors (Lipinski definition) is 15. The number of nitrogens with zero attached hydrogens (tertiary/aromatic N) is 3. The van der Waals surface area contributed by atoms with Gasteiger partial charge in [0, 0.05) is 74.3 Å². The number of rotatable bonds is 32. The summed E-state index contributed by atoms with van der Waals surface area (Å²) < 4.78 is 31.7. The number of aliphatic carboxylic acids is 1. The summed E-state index contributed by atoms with van der Waals surface area (Å²) in [5.74, 6) is -10.3. The van der Waals surface area contributed by atoms with E-state index in [1.165, 1.54) is 41.7 Å². The van der Waals surface area contributed by atoms with Crippen molar-refractivity contribution >= 4 is 81.9 Å². The van der Waals surface area contributed by atoms with Gasteiger partial charge in [0.05, 0.1) is 12.9 Å². The fourth-order valence-corrected chi connectivity index (χ4v) is 10.5. The van der Waals surface area contributed by atoms with Crippen LogP contribution in [0.2, 0.25) is 0 Å². The predicted molar refractivity (Wildman–Crippen MR) is 334 cm³/mol. The van der Waals surface area contributed by atoms with Crippen LogP contribution in [-0.2, 0) is 72.0 Å². The number of aliphatic hydroxyl groups excluding tert-OH is 1. The number of aromatic nitrogens is 3. The molecule has 2 aliphatic rings. The Bertz CT molecular complexity index is 3290. The zero-order valence-electron chi connectivity index (χ0n) is 52.8. The molecule has 0 saturated carbocycles. The fraction of sp³-hybridized carbons (Fsp3) is 0.525. The molecule has 0 aliphatic carbocycles. The van der Waals surface area contributed by atoms with Crippen molar-refractivity contribution in [2.24, 2.45) is 28.3 Å². The van der Waals surface area contributed by atoms with Gasteiger partial charge in [0.2, 0.25) is 59.1 Å². The third-order valence-corrected chi connectivity index (χ3v) is 15.2. The Morgan fingerprint density at radius 2 is 1.26 bits per heavy atom. The van der Waals surface area contributed by atoms with Crippen molar-refractivity contribution in [1.29, 1.82) is 0 Å². The molecule has 2 aromatic carbocycles. The molecular formula is C61H85F3N16O14. The lowest BCUT2D eigenvalue weighted by atomic mass is 9.98. The number of halogens is 3. The summed E-state index contributed by atoms with van der Waals surface area (Å²) in [6.45, 7) is 8.82. The number of benzene rings is 2. The molecule has 2 aromatic heterocycles. The van der Waals surface area contributed by atoms with E-state index in [9.17, 15) is 71.3 Å². The Morgan fingerprint density at radius 3 is 1.79 bits per heavy atom. The van der Waals surface area contributed by atoms with Gasteiger partial charge in [0.15, 0.2) is 5.96 Å². The number of aliphatic hydroxyl groups is 1. The van der Waals surface area contributed by atoms with Crippen molar-refractivity contribution in [2.75, 3.05) is 26.2 Å². The minimum atomic E-state index is -5.08. The monoisotopic (exact) mass is 1320 g/mol. The second kappa shape index (κ2) is 35.8. The number of likely N-dealkylation sites (N-methyl/N-ethyl adjacent to an activating group) is 1. The number of hydrogen-bond donors (Lipinski definition) is 16. The molecule has 30 nitrogen and oxygen atoms in total. The summed E-state index contributed by atoms with van der Waals surface area (Å²) in [6.07, 6.45) is 0.721. The van der Waals surface area contributed by atoms with Gasteiger partial charge in [-0.1, -0.05) is 58.0 Å². The van der Waals surface area contributed by atoms with Crippen LogP contribution >= 0.6 is 0 Å². The fourth-order valence-electron chi connectivity index (χ4n) is 10.5. The molecule has 94 heavy (non-hydrogen) atoms. The number of alkyl halides is 3. The molecule has 2 aliphatic heterocycles. The first kappa shape index (κ1) is 74.9. The highest BCUT2D eigenvalue weighted by molar-refractivity contribution is 5.99. The number of amides is 10. The summed E-state index contributed by atoms with van der Waals surface area (Å²) in [5.41, 5.74) is 13.3. The van der Waals surface area contributed by atoms with Crippen molar-refractivity contribution in [3.63, 3.8) is 0 Å². The summed E-state index contributed by atoms with van der Waals surface area (Å²) in [7, 11) is 0. The van der Waals surface area contributed by atoms with E-state index in [4.69, 9.17) is 21.4 Å². The number of carbonyl (C=O) groups is 11. The highest BCUT2D eigenvalue weighted by Gasteiger charge is 2.41. The number of likely N-dealkylation sites (tertiary alicyclic amines) is 1. The van der Waals surface area contributed by atoms with E-state index in [-0.39, 0.29) is 106 Å². The number of aliphatic imine (C=N–C) groups is 1. The number of para-hydroxylation sites is 1. The second-order valence-electron chi connectivity index (χ2n) is 23.6. The maximum absolute atomic E-state index is 14.7. The van der Waals surface area contributed by atoms with Gasteiger partial charge < -0.3 is 89.5 Å². The van der Waals surface area contributed by atoms with Crippen molar-refractivity contribution in [3.05, 3.63) is 84.1 Å². The zero-order chi connectivity index (χ0) is 69.4. The van der Waals surface area contributed by atoms with E-state index >= 15 is 0 Å². The van der Waals surface area contributed by atoms with E-state index in [0.29, 0.717) is 41.6 Å². The third kappa shape index (κ3) is 23.4. The lowest BCUT2D eigenvalue weighted by molar-refractivity contribution is -0.192. The van der Waals surface area contributed by atoms with E-state index in [0.717, 1.165) is 5.52 Å². The standard InChI is InChI=1S/C59H84N16O12.C2HF3O2/c1-6-63-57(86)48-14-10-22-75(48)58(87)41(13-9-21-64-59(60)61)68-51(80)42(23-32(2)3)69-52(81)43(24-33(4)5)70-53(82)44(25-34-15-17-37(77)18-16-34)71-56(85)47(30-76)74-54(83)45(26-35-28-65-39-12-8-7-11-38(35)39)72-55(84)46(27-36-29-62-31-66-36)73-50(79)40-19-20-49(78)67-40;3-2(4,5)1(6)7/h7-8,11-12,15-18,28-29,31-33,40-48,65,76-77H,6,9-10,13-14,19-27,30H2,1-5H3,(H,62,66)(H,63,86)(H,67,78)(H,68,80)(H,69,81)(H,70,82)(H,71,85)(H,72,84)(H,73,79)(H,74,83)(H4,60,61,64);(H,6,7)/t40-,41-,42-,43-,44-,45-,46-,47-,48-;/m0./s1. The van der Waals surface area contributed by atoms with Crippen LogP contribution in [0.1, 0.15) is 103 Å². The molecule has 6 rings (SSSR count). The topological polar surface area (TPSA) is 469 Å². The van der Waals surface area contributed by atoms with Gasteiger partial charge in [-0.3, -0.25) is 52.9 Å². The minimum absolute atomic E-state index is 0.0397. The van der Waals surface area contributed by atoms with Gasteiger partial charge in [-0.15, -0.1) is 0 Å². The van der Waals surface area contributed by atoms with Crippen molar-refractivity contribution in [2.45, 2.75) is 166 Å². The third-order valence-electron chi connectivity index (χ3n) is 15.2. The van der Waals surface area contributed by atoms with Gasteiger partial charge in [-0.2, -0.15) is 13.2 Å². The van der Waals surface area contributed by atoms with Crippen LogP contribution in [0.4, 0.5) is 13.2 Å². The smallest absolute Gasteiger partial charge is 0.490 e. The number of imidazole rings is 1. The highest BCUT2D eigenvalue weighted by atomic mass is 19.4. The Balaban J connectivity index is 0.00000216. The predicted octanol–water partition coefficient (Wildman–Crippen LogP) is -0.805. The number of aromatic hydroxyl groups is 1. The first-order valence-electron chi connectivity index (χ1n) is 30.7. The second-order valence-corrected chi connectivity index (χ2v) is 23.6. The SMILES string of the molecule is CCNC(=O)[C@@H]1CCCN1C(=O)[C@H](CCCN=C(N)N)NC(=O)[C@H](CC(C)C)NC(=O)[C@H](CC(C)C)NC(=O)[C@H](Cc1ccc(O)cc1)NC(=O)[C@H](CO)NC(=O)[C@H](Cc1c[nH]c2ccccc12)NC(=O)[C@H](Cc1cnc[nH]1)NC(=O)[C@@H]1CCC(=O)N1.O=C(O)C(F)(F)F. The van der Waals surface area contributed by atoms with E-state index in [2.05, 4.69) is 67.8 Å². The van der Waals surface area contributed by atoms with Gasteiger partial charge in [0.25, 0.3) is 0 Å². The van der Waals surface area contributed by atoms with Crippen molar-refractivity contribution in [3.8, 4) is 5.75 Å². The van der Waals surface area contributed by atoms with Crippen molar-refractivity contribution in [1.82, 2.24) is 67.7 Å². The van der Waals surface area contributed by atoms with Crippen molar-refractivity contribution < 1.29 is 81.2 Å². The Hall–Kier alpha value is -9.82. The van der Waals surface area contributed by atoms with Crippen LogP contribution in [0.25, 0.3) is 10.9 Å². The first-order chi connectivity index (χ1) is 44.5. The number of guanidine groups is 1. The molecule has 2 fully saturated rings. The molecule has 514 valence electrons. The normalized spacial score (nSPS) is 16.7. The Labute approximate surface area is 539 Å². The van der Waals surface area contributed by atoms with Gasteiger partial charge >= 0.3 is 12.1 Å². The molecule has 0 unspecified atom stereocenters. The maximum Gasteiger partial charge on any atom is 0.490 e. The molecule has 33 heteroatoms. The number of phenolic OH excluding ortho intramolecular Hbond substituents is 1. The quantitative estimate of drug-likeness (QED) is 0.0162. The maximum atomic E-state index is 14.7. The van der Waals surface area contributed by atoms with Crippen LogP contribution in [0.5, 0.6) is 5.75 Å². The summed E-state index contributed by atoms with van der Waals surface area (Å²) >= 11 is 0.